The summed E-state index contributed by atoms with van der Waals surface area (Å²) in [6, 6.07) is 14.4. The van der Waals surface area contributed by atoms with E-state index in [0.29, 0.717) is 0 Å². The van der Waals surface area contributed by atoms with Gasteiger partial charge in [0.1, 0.15) is 0 Å². The molecule has 0 amide bonds. The standard InChI is InChI=1S/C14H13Cl/c1-10-7-8-12(9-11(10)2)13-5-3-4-6-14(13)15/h3-9H,1-2H3. The summed E-state index contributed by atoms with van der Waals surface area (Å²) in [5.74, 6) is 0. The summed E-state index contributed by atoms with van der Waals surface area (Å²) in [6.07, 6.45) is 0. The predicted octanol–water partition coefficient (Wildman–Crippen LogP) is 4.62. The molecule has 0 saturated heterocycles. The van der Waals surface area contributed by atoms with Crippen molar-refractivity contribution in [3.8, 4) is 11.1 Å². The summed E-state index contributed by atoms with van der Waals surface area (Å²) in [6.45, 7) is 4.24. The van der Waals surface area contributed by atoms with Gasteiger partial charge in [0.25, 0.3) is 0 Å². The van der Waals surface area contributed by atoms with Crippen molar-refractivity contribution in [2.75, 3.05) is 0 Å². The highest BCUT2D eigenvalue weighted by molar-refractivity contribution is 6.33. The van der Waals surface area contributed by atoms with Crippen LogP contribution in [-0.4, -0.2) is 0 Å². The highest BCUT2D eigenvalue weighted by atomic mass is 35.5. The molecule has 0 aliphatic rings. The van der Waals surface area contributed by atoms with Gasteiger partial charge in [-0.1, -0.05) is 48.0 Å². The van der Waals surface area contributed by atoms with Gasteiger partial charge in [-0.15, -0.1) is 0 Å². The van der Waals surface area contributed by atoms with E-state index >= 15 is 0 Å². The molecule has 1 heteroatoms. The van der Waals surface area contributed by atoms with Gasteiger partial charge in [0.2, 0.25) is 0 Å². The second kappa shape index (κ2) is 4.08. The van der Waals surface area contributed by atoms with E-state index < -0.39 is 0 Å². The second-order valence-corrected chi connectivity index (χ2v) is 4.19. The molecule has 0 spiro atoms. The van der Waals surface area contributed by atoms with Crippen LogP contribution >= 0.6 is 11.6 Å². The molecule has 0 fully saturated rings. The van der Waals surface area contributed by atoms with E-state index in [1.807, 2.05) is 24.3 Å². The van der Waals surface area contributed by atoms with Crippen LogP contribution in [0.1, 0.15) is 11.1 Å². The van der Waals surface area contributed by atoms with Gasteiger partial charge >= 0.3 is 0 Å². The van der Waals surface area contributed by atoms with Crippen LogP contribution in [0.15, 0.2) is 42.5 Å². The molecule has 0 saturated carbocycles. The van der Waals surface area contributed by atoms with Gasteiger partial charge in [0.05, 0.1) is 0 Å². The summed E-state index contributed by atoms with van der Waals surface area (Å²) < 4.78 is 0. The van der Waals surface area contributed by atoms with Crippen LogP contribution in [0.2, 0.25) is 5.02 Å². The SMILES string of the molecule is Cc1ccc(-c2ccccc2Cl)cc1C. The van der Waals surface area contributed by atoms with Crippen molar-refractivity contribution in [3.63, 3.8) is 0 Å². The van der Waals surface area contributed by atoms with Gasteiger partial charge in [-0.25, -0.2) is 0 Å². The van der Waals surface area contributed by atoms with E-state index in [2.05, 4.69) is 32.0 Å². The lowest BCUT2D eigenvalue weighted by Gasteiger charge is -2.07. The number of halogens is 1. The first kappa shape index (κ1) is 10.3. The number of hydrogen-bond donors (Lipinski definition) is 0. The van der Waals surface area contributed by atoms with Crippen LogP contribution < -0.4 is 0 Å². The Morgan fingerprint density at radius 1 is 0.867 bits per heavy atom. The Morgan fingerprint density at radius 3 is 2.27 bits per heavy atom. The Hall–Kier alpha value is -1.27. The van der Waals surface area contributed by atoms with Crippen molar-refractivity contribution >= 4 is 11.6 Å². The lowest BCUT2D eigenvalue weighted by Crippen LogP contribution is -1.84. The largest absolute Gasteiger partial charge is 0.0837 e. The third kappa shape index (κ3) is 2.05. The van der Waals surface area contributed by atoms with E-state index in [0.717, 1.165) is 10.6 Å². The molecule has 0 aromatic heterocycles. The number of benzene rings is 2. The smallest absolute Gasteiger partial charge is 0.0484 e. The minimum Gasteiger partial charge on any atom is -0.0837 e. The molecule has 0 aliphatic heterocycles. The third-order valence-corrected chi connectivity index (χ3v) is 3.02. The fourth-order valence-electron chi connectivity index (χ4n) is 1.60. The van der Waals surface area contributed by atoms with Crippen LogP contribution in [0.3, 0.4) is 0 Å². The Bertz CT molecular complexity index is 486. The van der Waals surface area contributed by atoms with Gasteiger partial charge in [-0.3, -0.25) is 0 Å². The maximum Gasteiger partial charge on any atom is 0.0484 e. The van der Waals surface area contributed by atoms with Crippen LogP contribution in [0.5, 0.6) is 0 Å². The summed E-state index contributed by atoms with van der Waals surface area (Å²) in [7, 11) is 0. The van der Waals surface area contributed by atoms with E-state index in [9.17, 15) is 0 Å². The van der Waals surface area contributed by atoms with E-state index in [1.54, 1.807) is 0 Å². The molecule has 0 radical (unpaired) electrons. The molecule has 0 nitrogen and oxygen atoms in total. The predicted molar refractivity (Wildman–Crippen MR) is 66.4 cm³/mol. The molecule has 0 N–H and O–H groups in total. The fraction of sp³-hybridized carbons (Fsp3) is 0.143. The molecular weight excluding hydrogens is 204 g/mol. The Kier molecular flexibility index (Phi) is 2.79. The van der Waals surface area contributed by atoms with Crippen LogP contribution in [-0.2, 0) is 0 Å². The highest BCUT2D eigenvalue weighted by Crippen LogP contribution is 2.28. The first-order valence-corrected chi connectivity index (χ1v) is 5.38. The molecule has 0 atom stereocenters. The Morgan fingerprint density at radius 2 is 1.60 bits per heavy atom. The summed E-state index contributed by atoms with van der Waals surface area (Å²) in [4.78, 5) is 0. The molecule has 2 rings (SSSR count). The van der Waals surface area contributed by atoms with Crippen molar-refractivity contribution < 1.29 is 0 Å². The average molecular weight is 217 g/mol. The molecule has 0 bridgehead atoms. The summed E-state index contributed by atoms with van der Waals surface area (Å²) >= 11 is 6.15. The van der Waals surface area contributed by atoms with Gasteiger partial charge in [0.15, 0.2) is 0 Å². The van der Waals surface area contributed by atoms with E-state index in [-0.39, 0.29) is 0 Å². The summed E-state index contributed by atoms with van der Waals surface area (Å²) in [5, 5.41) is 0.806. The van der Waals surface area contributed by atoms with Gasteiger partial charge in [-0.2, -0.15) is 0 Å². The number of rotatable bonds is 1. The zero-order chi connectivity index (χ0) is 10.8. The maximum atomic E-state index is 6.15. The first-order valence-electron chi connectivity index (χ1n) is 5.00. The highest BCUT2D eigenvalue weighted by Gasteiger charge is 2.02. The van der Waals surface area contributed by atoms with Gasteiger partial charge in [0, 0.05) is 10.6 Å². The number of hydrogen-bond acceptors (Lipinski definition) is 0. The molecule has 2 aromatic carbocycles. The first-order chi connectivity index (χ1) is 7.18. The Balaban J connectivity index is 2.55. The minimum atomic E-state index is 0.806. The van der Waals surface area contributed by atoms with Crippen molar-refractivity contribution in [2.45, 2.75) is 13.8 Å². The van der Waals surface area contributed by atoms with Crippen molar-refractivity contribution in [3.05, 3.63) is 58.6 Å². The topological polar surface area (TPSA) is 0 Å². The van der Waals surface area contributed by atoms with Crippen LogP contribution in [0, 0.1) is 13.8 Å². The quantitative estimate of drug-likeness (QED) is 0.652. The monoisotopic (exact) mass is 216 g/mol. The number of aryl methyl sites for hydroxylation is 2. The zero-order valence-corrected chi connectivity index (χ0v) is 9.68. The third-order valence-electron chi connectivity index (χ3n) is 2.69. The molecule has 0 aliphatic carbocycles. The van der Waals surface area contributed by atoms with Gasteiger partial charge in [-0.05, 0) is 36.6 Å². The molecule has 76 valence electrons. The molecular formula is C14H13Cl. The van der Waals surface area contributed by atoms with Crippen molar-refractivity contribution in [1.29, 1.82) is 0 Å². The lowest BCUT2D eigenvalue weighted by atomic mass is 10.0. The summed E-state index contributed by atoms with van der Waals surface area (Å²) in [5.41, 5.74) is 4.89. The van der Waals surface area contributed by atoms with Gasteiger partial charge < -0.3 is 0 Å². The lowest BCUT2D eigenvalue weighted by molar-refractivity contribution is 1.34. The maximum absolute atomic E-state index is 6.15. The normalized spacial score (nSPS) is 10.3. The van der Waals surface area contributed by atoms with Crippen molar-refractivity contribution in [1.82, 2.24) is 0 Å². The molecule has 0 unspecified atom stereocenters. The van der Waals surface area contributed by atoms with Crippen molar-refractivity contribution in [2.24, 2.45) is 0 Å². The zero-order valence-electron chi connectivity index (χ0n) is 8.92. The fourth-order valence-corrected chi connectivity index (χ4v) is 1.85. The van der Waals surface area contributed by atoms with E-state index in [4.69, 9.17) is 11.6 Å². The Labute approximate surface area is 95.5 Å². The molecule has 2 aromatic rings. The van der Waals surface area contributed by atoms with Crippen LogP contribution in [0.25, 0.3) is 11.1 Å². The second-order valence-electron chi connectivity index (χ2n) is 3.78. The minimum absolute atomic E-state index is 0.806. The average Bonchev–Trinajstić information content (AvgIpc) is 2.23. The van der Waals surface area contributed by atoms with E-state index in [1.165, 1.54) is 16.7 Å². The van der Waals surface area contributed by atoms with Crippen LogP contribution in [0.4, 0.5) is 0 Å². The molecule has 15 heavy (non-hydrogen) atoms. The molecule has 0 heterocycles.